The van der Waals surface area contributed by atoms with Gasteiger partial charge in [-0.3, -0.25) is 9.69 Å². The maximum absolute atomic E-state index is 11.6. The Morgan fingerprint density at radius 1 is 1.20 bits per heavy atom. The molecule has 0 saturated carbocycles. The first-order chi connectivity index (χ1) is 8.76. The number of rotatable bonds is 8. The maximum Gasteiger partial charge on any atom is 0.234 e. The van der Waals surface area contributed by atoms with Crippen LogP contribution in [-0.2, 0) is 4.79 Å². The third-order valence-corrected chi connectivity index (χ3v) is 3.44. The van der Waals surface area contributed by atoms with E-state index in [0.717, 1.165) is 58.8 Å². The quantitative estimate of drug-likeness (QED) is 0.640. The smallest absolute Gasteiger partial charge is 0.234 e. The van der Waals surface area contributed by atoms with Gasteiger partial charge in [-0.15, -0.1) is 24.8 Å². The van der Waals surface area contributed by atoms with E-state index in [9.17, 15) is 4.79 Å². The van der Waals surface area contributed by atoms with E-state index in [1.54, 1.807) is 0 Å². The number of nitrogens with zero attached hydrogens (tertiary/aromatic N) is 2. The maximum atomic E-state index is 11.6. The summed E-state index contributed by atoms with van der Waals surface area (Å²) in [4.78, 5) is 16.2. The van der Waals surface area contributed by atoms with Crippen molar-refractivity contribution in [1.29, 1.82) is 0 Å². The van der Waals surface area contributed by atoms with E-state index in [-0.39, 0.29) is 30.7 Å². The number of amides is 1. The number of carbonyl (C=O) groups excluding carboxylic acids is 1. The topological polar surface area (TPSA) is 47.6 Å². The highest BCUT2D eigenvalue weighted by atomic mass is 35.5. The van der Waals surface area contributed by atoms with Crippen LogP contribution in [0.3, 0.4) is 0 Å². The first-order valence-corrected chi connectivity index (χ1v) is 7.18. The Kier molecular flexibility index (Phi) is 15.4. The molecule has 0 aromatic rings. The molecule has 0 spiro atoms. The molecule has 0 aliphatic carbocycles. The predicted molar refractivity (Wildman–Crippen MR) is 89.2 cm³/mol. The fraction of sp³-hybridized carbons (Fsp3) is 0.923. The second kappa shape index (κ2) is 13.9. The molecule has 1 fully saturated rings. The van der Waals surface area contributed by atoms with Crippen LogP contribution in [0.15, 0.2) is 0 Å². The summed E-state index contributed by atoms with van der Waals surface area (Å²) < 4.78 is 0. The lowest BCUT2D eigenvalue weighted by atomic mass is 10.3. The van der Waals surface area contributed by atoms with Gasteiger partial charge in [0.2, 0.25) is 5.91 Å². The van der Waals surface area contributed by atoms with E-state index in [4.69, 9.17) is 0 Å². The van der Waals surface area contributed by atoms with Crippen LogP contribution < -0.4 is 10.6 Å². The first-order valence-electron chi connectivity index (χ1n) is 7.18. The van der Waals surface area contributed by atoms with E-state index in [0.29, 0.717) is 6.54 Å². The van der Waals surface area contributed by atoms with E-state index in [2.05, 4.69) is 34.3 Å². The molecule has 0 aromatic heterocycles. The Labute approximate surface area is 135 Å². The molecule has 0 bridgehead atoms. The lowest BCUT2D eigenvalue weighted by Crippen LogP contribution is -2.44. The van der Waals surface area contributed by atoms with Gasteiger partial charge in [-0.25, -0.2) is 0 Å². The monoisotopic (exact) mass is 328 g/mol. The van der Waals surface area contributed by atoms with E-state index in [1.165, 1.54) is 0 Å². The van der Waals surface area contributed by atoms with E-state index < -0.39 is 0 Å². The zero-order chi connectivity index (χ0) is 13.2. The molecule has 0 radical (unpaired) electrons. The number of hydrogen-bond donors (Lipinski definition) is 2. The summed E-state index contributed by atoms with van der Waals surface area (Å²) in [6, 6.07) is 0. The number of hydrogen-bond acceptors (Lipinski definition) is 4. The van der Waals surface area contributed by atoms with Crippen LogP contribution in [0.1, 0.15) is 20.3 Å². The van der Waals surface area contributed by atoms with E-state index in [1.807, 2.05) is 0 Å². The molecule has 20 heavy (non-hydrogen) atoms. The molecular weight excluding hydrogens is 299 g/mol. The molecule has 1 rings (SSSR count). The van der Waals surface area contributed by atoms with Gasteiger partial charge in [0.05, 0.1) is 6.54 Å². The number of piperazine rings is 1. The molecule has 1 heterocycles. The molecule has 0 aromatic carbocycles. The molecule has 1 aliphatic rings. The molecule has 0 unspecified atom stereocenters. The third kappa shape index (κ3) is 9.77. The fourth-order valence-corrected chi connectivity index (χ4v) is 2.17. The van der Waals surface area contributed by atoms with Crippen LogP contribution in [0, 0.1) is 0 Å². The van der Waals surface area contributed by atoms with Crippen molar-refractivity contribution < 1.29 is 4.79 Å². The Bertz CT molecular complexity index is 234. The minimum Gasteiger partial charge on any atom is -0.355 e. The van der Waals surface area contributed by atoms with Gasteiger partial charge in [-0.1, -0.05) is 13.8 Å². The Morgan fingerprint density at radius 3 is 2.35 bits per heavy atom. The lowest BCUT2D eigenvalue weighted by molar-refractivity contribution is -0.122. The van der Waals surface area contributed by atoms with Gasteiger partial charge in [0.25, 0.3) is 0 Å². The standard InChI is InChI=1S/C13H28N4O.2ClH/c1-3-16(4-2)12-13(18)15-6-5-9-17-10-7-14-8-11-17;;/h14H,3-12H2,1-2H3,(H,15,18);2*1H. The molecule has 1 aliphatic heterocycles. The summed E-state index contributed by atoms with van der Waals surface area (Å²) in [5.74, 6) is 0.152. The zero-order valence-electron chi connectivity index (χ0n) is 12.7. The third-order valence-electron chi connectivity index (χ3n) is 3.44. The highest BCUT2D eigenvalue weighted by molar-refractivity contribution is 5.85. The lowest BCUT2D eigenvalue weighted by Gasteiger charge is -2.27. The van der Waals surface area contributed by atoms with Gasteiger partial charge < -0.3 is 15.5 Å². The van der Waals surface area contributed by atoms with Crippen molar-refractivity contribution in [3.8, 4) is 0 Å². The molecule has 1 amide bonds. The predicted octanol–water partition coefficient (Wildman–Crippen LogP) is 0.583. The average molecular weight is 329 g/mol. The van der Waals surface area contributed by atoms with Gasteiger partial charge in [0.15, 0.2) is 0 Å². The average Bonchev–Trinajstić information content (AvgIpc) is 2.42. The zero-order valence-corrected chi connectivity index (χ0v) is 14.3. The van der Waals surface area contributed by atoms with Gasteiger partial charge in [0.1, 0.15) is 0 Å². The van der Waals surface area contributed by atoms with Crippen molar-refractivity contribution in [2.45, 2.75) is 20.3 Å². The minimum atomic E-state index is 0. The van der Waals surface area contributed by atoms with Crippen LogP contribution in [0.2, 0.25) is 0 Å². The normalized spacial score (nSPS) is 15.3. The van der Waals surface area contributed by atoms with Crippen molar-refractivity contribution in [2.24, 2.45) is 0 Å². The Hall–Kier alpha value is -0.0700. The van der Waals surface area contributed by atoms with Crippen molar-refractivity contribution in [2.75, 3.05) is 58.9 Å². The molecule has 1 saturated heterocycles. The molecule has 0 atom stereocenters. The van der Waals surface area contributed by atoms with Crippen molar-refractivity contribution in [1.82, 2.24) is 20.4 Å². The Balaban J connectivity index is 0. The summed E-state index contributed by atoms with van der Waals surface area (Å²) in [5, 5.41) is 6.34. The number of halogens is 2. The van der Waals surface area contributed by atoms with Gasteiger partial charge >= 0.3 is 0 Å². The van der Waals surface area contributed by atoms with Gasteiger partial charge in [-0.2, -0.15) is 0 Å². The second-order valence-electron chi connectivity index (χ2n) is 4.76. The molecule has 2 N–H and O–H groups in total. The van der Waals surface area contributed by atoms with Gasteiger partial charge in [0, 0.05) is 32.7 Å². The van der Waals surface area contributed by atoms with Crippen molar-refractivity contribution in [3.05, 3.63) is 0 Å². The number of nitrogens with one attached hydrogen (secondary N) is 2. The summed E-state index contributed by atoms with van der Waals surface area (Å²) in [6.07, 6.45) is 1.05. The first kappa shape index (κ1) is 22.2. The minimum absolute atomic E-state index is 0. The summed E-state index contributed by atoms with van der Waals surface area (Å²) in [7, 11) is 0. The Morgan fingerprint density at radius 2 is 1.80 bits per heavy atom. The summed E-state index contributed by atoms with van der Waals surface area (Å²) in [5.41, 5.74) is 0. The van der Waals surface area contributed by atoms with E-state index >= 15 is 0 Å². The van der Waals surface area contributed by atoms with Crippen LogP contribution >= 0.6 is 24.8 Å². The van der Waals surface area contributed by atoms with Crippen LogP contribution in [0.25, 0.3) is 0 Å². The molecule has 122 valence electrons. The summed E-state index contributed by atoms with van der Waals surface area (Å²) >= 11 is 0. The largest absolute Gasteiger partial charge is 0.355 e. The van der Waals surface area contributed by atoms with Crippen LogP contribution in [0.4, 0.5) is 0 Å². The van der Waals surface area contributed by atoms with Crippen LogP contribution in [-0.4, -0.2) is 74.6 Å². The molecule has 5 nitrogen and oxygen atoms in total. The highest BCUT2D eigenvalue weighted by Gasteiger charge is 2.09. The molecular formula is C13H30Cl2N4O. The second-order valence-corrected chi connectivity index (χ2v) is 4.76. The van der Waals surface area contributed by atoms with Gasteiger partial charge in [-0.05, 0) is 26.1 Å². The summed E-state index contributed by atoms with van der Waals surface area (Å²) in [6.45, 7) is 12.9. The SMILES string of the molecule is CCN(CC)CC(=O)NCCCN1CCNCC1.Cl.Cl. The number of likely N-dealkylation sites (N-methyl/N-ethyl adjacent to an activating group) is 1. The highest BCUT2D eigenvalue weighted by Crippen LogP contribution is 1.93. The molecule has 7 heteroatoms. The fourth-order valence-electron chi connectivity index (χ4n) is 2.17. The van der Waals surface area contributed by atoms with Crippen molar-refractivity contribution >= 4 is 30.7 Å². The number of carbonyl (C=O) groups is 1. The van der Waals surface area contributed by atoms with Crippen LogP contribution in [0.5, 0.6) is 0 Å². The van der Waals surface area contributed by atoms with Crippen molar-refractivity contribution in [3.63, 3.8) is 0 Å².